The van der Waals surface area contributed by atoms with Crippen molar-refractivity contribution < 1.29 is 23.1 Å². The maximum Gasteiger partial charge on any atom is 0.341 e. The molecule has 2 aromatic carbocycles. The standard InChI is InChI=1S/C26H26ClN3O5S/c27-21-9-13-25(14-10-21)36(33,34)29-15-20(19-7-11-24(12-8-19)35-17-26(31)32)3-1-4-22-5-2-6-23-16-28-18-30(22)23/h2,5-14,16,18,20,29H,1,3-4,15,17H2,(H,31,32). The second kappa shape index (κ2) is 11.6. The van der Waals surface area contributed by atoms with Crippen molar-refractivity contribution >= 4 is 33.1 Å². The van der Waals surface area contributed by atoms with Crippen molar-refractivity contribution in [1.29, 1.82) is 0 Å². The number of carboxylic acid groups (broad SMARTS) is 1. The molecule has 0 fully saturated rings. The molecule has 0 saturated heterocycles. The fourth-order valence-electron chi connectivity index (χ4n) is 4.02. The molecule has 0 amide bonds. The van der Waals surface area contributed by atoms with Gasteiger partial charge in [-0.05, 0) is 79.3 Å². The molecule has 0 spiro atoms. The fraction of sp³-hybridized carbons (Fsp3) is 0.231. The lowest BCUT2D eigenvalue weighted by Crippen LogP contribution is -2.28. The van der Waals surface area contributed by atoms with Gasteiger partial charge in [-0.3, -0.25) is 0 Å². The van der Waals surface area contributed by atoms with Gasteiger partial charge in [0.05, 0.1) is 22.9 Å². The highest BCUT2D eigenvalue weighted by Crippen LogP contribution is 2.25. The number of hydrogen-bond acceptors (Lipinski definition) is 5. The number of ether oxygens (including phenoxy) is 1. The van der Waals surface area contributed by atoms with E-state index < -0.39 is 22.6 Å². The maximum atomic E-state index is 12.9. The Labute approximate surface area is 214 Å². The molecule has 4 rings (SSSR count). The van der Waals surface area contributed by atoms with Crippen molar-refractivity contribution in [2.45, 2.75) is 30.1 Å². The molecule has 2 N–H and O–H groups in total. The van der Waals surface area contributed by atoms with Crippen LogP contribution in [0.2, 0.25) is 5.02 Å². The summed E-state index contributed by atoms with van der Waals surface area (Å²) in [5.41, 5.74) is 3.08. The zero-order valence-corrected chi connectivity index (χ0v) is 21.0. The lowest BCUT2D eigenvalue weighted by atomic mass is 9.93. The Hall–Kier alpha value is -3.40. The SMILES string of the molecule is O=C(O)COc1ccc(C(CCCc2cccc3cncn23)CNS(=O)(=O)c2ccc(Cl)cc2)cc1. The van der Waals surface area contributed by atoms with Crippen LogP contribution in [-0.2, 0) is 21.2 Å². The molecule has 0 aliphatic carbocycles. The molecule has 10 heteroatoms. The molecule has 0 saturated carbocycles. The minimum Gasteiger partial charge on any atom is -0.482 e. The van der Waals surface area contributed by atoms with Crippen LogP contribution in [0.4, 0.5) is 0 Å². The number of aromatic nitrogens is 2. The first-order chi connectivity index (χ1) is 17.3. The highest BCUT2D eigenvalue weighted by atomic mass is 35.5. The Balaban J connectivity index is 1.47. The number of carbonyl (C=O) groups is 1. The van der Waals surface area contributed by atoms with Crippen LogP contribution in [0.5, 0.6) is 5.75 Å². The normalized spacial score (nSPS) is 12.5. The van der Waals surface area contributed by atoms with E-state index in [1.807, 2.05) is 34.9 Å². The Morgan fingerprint density at radius 2 is 1.83 bits per heavy atom. The fourth-order valence-corrected chi connectivity index (χ4v) is 5.22. The van der Waals surface area contributed by atoms with E-state index in [-0.39, 0.29) is 17.4 Å². The van der Waals surface area contributed by atoms with Gasteiger partial charge in [0.25, 0.3) is 0 Å². The molecule has 0 aliphatic rings. The van der Waals surface area contributed by atoms with E-state index in [9.17, 15) is 13.2 Å². The molecule has 2 heterocycles. The van der Waals surface area contributed by atoms with Crippen molar-refractivity contribution in [1.82, 2.24) is 14.1 Å². The summed E-state index contributed by atoms with van der Waals surface area (Å²) in [5.74, 6) is -0.725. The lowest BCUT2D eigenvalue weighted by molar-refractivity contribution is -0.139. The molecule has 0 aliphatic heterocycles. The highest BCUT2D eigenvalue weighted by Gasteiger charge is 2.19. The molecule has 36 heavy (non-hydrogen) atoms. The van der Waals surface area contributed by atoms with Gasteiger partial charge in [-0.25, -0.2) is 22.9 Å². The van der Waals surface area contributed by atoms with Gasteiger partial charge in [0.1, 0.15) is 5.75 Å². The van der Waals surface area contributed by atoms with E-state index in [1.54, 1.807) is 30.6 Å². The molecule has 0 radical (unpaired) electrons. The molecule has 1 unspecified atom stereocenters. The minimum atomic E-state index is -3.72. The molecule has 4 aromatic rings. The zero-order valence-electron chi connectivity index (χ0n) is 19.4. The van der Waals surface area contributed by atoms with Gasteiger partial charge >= 0.3 is 5.97 Å². The average molecular weight is 528 g/mol. The van der Waals surface area contributed by atoms with E-state index in [4.69, 9.17) is 21.4 Å². The number of carboxylic acids is 1. The molecular weight excluding hydrogens is 502 g/mol. The Bertz CT molecular complexity index is 1420. The number of nitrogens with zero attached hydrogens (tertiary/aromatic N) is 2. The van der Waals surface area contributed by atoms with Crippen LogP contribution in [0.15, 0.2) is 84.1 Å². The second-order valence-corrected chi connectivity index (χ2v) is 10.6. The number of fused-ring (bicyclic) bond motifs is 1. The number of aryl methyl sites for hydroxylation is 1. The first kappa shape index (κ1) is 25.7. The van der Waals surface area contributed by atoms with Gasteiger partial charge in [0, 0.05) is 17.3 Å². The third-order valence-electron chi connectivity index (χ3n) is 5.88. The van der Waals surface area contributed by atoms with E-state index in [2.05, 4.69) is 15.8 Å². The van der Waals surface area contributed by atoms with Gasteiger partial charge in [0.15, 0.2) is 6.61 Å². The van der Waals surface area contributed by atoms with Gasteiger partial charge in [0.2, 0.25) is 10.0 Å². The number of rotatable bonds is 12. The van der Waals surface area contributed by atoms with Crippen LogP contribution < -0.4 is 9.46 Å². The molecule has 8 nitrogen and oxygen atoms in total. The highest BCUT2D eigenvalue weighted by molar-refractivity contribution is 7.89. The lowest BCUT2D eigenvalue weighted by Gasteiger charge is -2.19. The number of pyridine rings is 1. The van der Waals surface area contributed by atoms with Crippen LogP contribution in [0.1, 0.15) is 30.0 Å². The van der Waals surface area contributed by atoms with Crippen LogP contribution >= 0.6 is 11.6 Å². The van der Waals surface area contributed by atoms with Gasteiger partial charge in [-0.15, -0.1) is 0 Å². The first-order valence-corrected chi connectivity index (χ1v) is 13.3. The van der Waals surface area contributed by atoms with E-state index in [1.165, 1.54) is 12.1 Å². The third-order valence-corrected chi connectivity index (χ3v) is 7.57. The number of nitrogens with one attached hydrogen (secondary N) is 1. The number of aliphatic carboxylic acids is 1. The van der Waals surface area contributed by atoms with Crippen molar-refractivity contribution in [3.05, 3.63) is 95.5 Å². The topological polar surface area (TPSA) is 110 Å². The number of sulfonamides is 1. The minimum absolute atomic E-state index is 0.109. The Kier molecular flexibility index (Phi) is 8.25. The predicted octanol–water partition coefficient (Wildman–Crippen LogP) is 4.54. The zero-order chi connectivity index (χ0) is 25.5. The average Bonchev–Trinajstić information content (AvgIpc) is 3.35. The van der Waals surface area contributed by atoms with Gasteiger partial charge in [-0.2, -0.15) is 0 Å². The molecule has 2 aromatic heterocycles. The van der Waals surface area contributed by atoms with Crippen LogP contribution in [-0.4, -0.2) is 42.0 Å². The molecule has 1 atom stereocenters. The largest absolute Gasteiger partial charge is 0.482 e. The quantitative estimate of drug-likeness (QED) is 0.280. The summed E-state index contributed by atoms with van der Waals surface area (Å²) in [7, 11) is -3.72. The summed E-state index contributed by atoms with van der Waals surface area (Å²) in [4.78, 5) is 15.1. The van der Waals surface area contributed by atoms with Crippen molar-refractivity contribution in [2.24, 2.45) is 0 Å². The summed E-state index contributed by atoms with van der Waals surface area (Å²) in [6.07, 6.45) is 5.95. The molecular formula is C26H26ClN3O5S. The third kappa shape index (κ3) is 6.63. The molecule has 188 valence electrons. The van der Waals surface area contributed by atoms with Crippen LogP contribution in [0.25, 0.3) is 5.52 Å². The maximum absolute atomic E-state index is 12.9. The first-order valence-electron chi connectivity index (χ1n) is 11.4. The number of halogens is 1. The smallest absolute Gasteiger partial charge is 0.341 e. The van der Waals surface area contributed by atoms with E-state index in [0.717, 1.165) is 36.0 Å². The summed E-state index contributed by atoms with van der Waals surface area (Å²) in [6, 6.07) is 19.2. The van der Waals surface area contributed by atoms with Gasteiger partial charge in [-0.1, -0.05) is 29.8 Å². The molecule has 0 bridgehead atoms. The summed E-state index contributed by atoms with van der Waals surface area (Å²) >= 11 is 5.89. The second-order valence-electron chi connectivity index (χ2n) is 8.35. The van der Waals surface area contributed by atoms with Gasteiger partial charge < -0.3 is 14.2 Å². The monoisotopic (exact) mass is 527 g/mol. The van der Waals surface area contributed by atoms with E-state index >= 15 is 0 Å². The van der Waals surface area contributed by atoms with Crippen LogP contribution in [0, 0.1) is 0 Å². The van der Waals surface area contributed by atoms with Crippen molar-refractivity contribution in [3.8, 4) is 5.75 Å². The van der Waals surface area contributed by atoms with Crippen molar-refractivity contribution in [3.63, 3.8) is 0 Å². The Morgan fingerprint density at radius 3 is 2.56 bits per heavy atom. The van der Waals surface area contributed by atoms with Crippen molar-refractivity contribution in [2.75, 3.05) is 13.2 Å². The summed E-state index contributed by atoms with van der Waals surface area (Å²) in [5, 5.41) is 9.28. The predicted molar refractivity (Wildman–Crippen MR) is 137 cm³/mol. The van der Waals surface area contributed by atoms with Crippen LogP contribution in [0.3, 0.4) is 0 Å². The Morgan fingerprint density at radius 1 is 1.08 bits per heavy atom. The number of benzene rings is 2. The summed E-state index contributed by atoms with van der Waals surface area (Å²) < 4.78 is 35.7. The summed E-state index contributed by atoms with van der Waals surface area (Å²) in [6.45, 7) is -0.223. The number of imidazole rings is 1. The number of hydrogen-bond donors (Lipinski definition) is 2. The van der Waals surface area contributed by atoms with E-state index in [0.29, 0.717) is 10.8 Å².